The first-order chi connectivity index (χ1) is 13.4. The fraction of sp³-hybridized carbons (Fsp3) is 0.500. The van der Waals surface area contributed by atoms with Crippen molar-refractivity contribution in [1.82, 2.24) is 9.47 Å². The number of rotatable bonds is 4. The van der Waals surface area contributed by atoms with Crippen molar-refractivity contribution in [2.24, 2.45) is 0 Å². The zero-order valence-corrected chi connectivity index (χ0v) is 15.7. The lowest BCUT2D eigenvalue weighted by Gasteiger charge is -2.28. The zero-order chi connectivity index (χ0) is 20.0. The Morgan fingerprint density at radius 1 is 1.25 bits per heavy atom. The van der Waals surface area contributed by atoms with Crippen molar-refractivity contribution in [3.8, 4) is 0 Å². The third kappa shape index (κ3) is 3.05. The van der Waals surface area contributed by atoms with Crippen LogP contribution < -0.4 is 10.3 Å². The molecule has 1 aromatic carbocycles. The molecular formula is C20H23F2N3O3. The number of hydrogen-bond donors (Lipinski definition) is 1. The predicted molar refractivity (Wildman–Crippen MR) is 103 cm³/mol. The van der Waals surface area contributed by atoms with Gasteiger partial charge in [-0.25, -0.2) is 13.6 Å². The first kappa shape index (κ1) is 18.9. The van der Waals surface area contributed by atoms with Crippen LogP contribution in [-0.2, 0) is 6.54 Å². The number of hydrogen-bond acceptors (Lipinski definition) is 4. The monoisotopic (exact) mass is 391 g/mol. The Labute approximate surface area is 161 Å². The number of nitrogens with zero attached hydrogens (tertiary/aromatic N) is 3. The second kappa shape index (κ2) is 7.16. The Bertz CT molecular complexity index is 991. The third-order valence-corrected chi connectivity index (χ3v) is 6.19. The van der Waals surface area contributed by atoms with Gasteiger partial charge in [-0.05, 0) is 38.4 Å². The van der Waals surface area contributed by atoms with Crippen molar-refractivity contribution in [3.05, 3.63) is 39.9 Å². The number of anilines is 1. The molecule has 2 aromatic rings. The summed E-state index contributed by atoms with van der Waals surface area (Å²) in [6, 6.07) is 3.51. The van der Waals surface area contributed by atoms with E-state index >= 15 is 0 Å². The molecule has 2 fully saturated rings. The normalized spacial score (nSPS) is 22.6. The fourth-order valence-electron chi connectivity index (χ4n) is 4.60. The van der Waals surface area contributed by atoms with E-state index in [1.807, 2.05) is 4.90 Å². The summed E-state index contributed by atoms with van der Waals surface area (Å²) in [6.07, 6.45) is 4.30. The molecule has 0 unspecified atom stereocenters. The highest BCUT2D eigenvalue weighted by Gasteiger charge is 2.35. The van der Waals surface area contributed by atoms with Gasteiger partial charge in [-0.1, -0.05) is 0 Å². The number of alkyl halides is 1. The molecule has 4 rings (SSSR count). The van der Waals surface area contributed by atoms with E-state index in [4.69, 9.17) is 0 Å². The summed E-state index contributed by atoms with van der Waals surface area (Å²) in [6.45, 7) is 0.571. The maximum absolute atomic E-state index is 15.0. The third-order valence-electron chi connectivity index (χ3n) is 6.19. The van der Waals surface area contributed by atoms with E-state index in [0.29, 0.717) is 36.4 Å². The lowest BCUT2D eigenvalue weighted by Crippen LogP contribution is -2.37. The van der Waals surface area contributed by atoms with Crippen LogP contribution in [0.2, 0.25) is 0 Å². The van der Waals surface area contributed by atoms with Gasteiger partial charge in [0.15, 0.2) is 0 Å². The number of likely N-dealkylation sites (N-methyl/N-ethyl adjacent to an activating group) is 1. The molecule has 6 nitrogen and oxygen atoms in total. The molecule has 150 valence electrons. The summed E-state index contributed by atoms with van der Waals surface area (Å²) >= 11 is 0. The van der Waals surface area contributed by atoms with Crippen LogP contribution in [-0.4, -0.2) is 59.4 Å². The quantitative estimate of drug-likeness (QED) is 0.868. The first-order valence-corrected chi connectivity index (χ1v) is 9.53. The largest absolute Gasteiger partial charge is 0.477 e. The SMILES string of the molecule is CN1[C@@H]2CC[C@H]1CN(c1cc3c(cc1F)c(=O)c(C(=O)O)cn3CCF)CC2. The number of carboxylic acids is 1. The average molecular weight is 391 g/mol. The minimum Gasteiger partial charge on any atom is -0.477 e. The standard InChI is InChI=1S/C20H23F2N3O3/c1-23-12-2-3-13(23)10-24(6-4-12)18-9-17-14(8-16(18)22)19(26)15(20(27)28)11-25(17)7-5-21/h8-9,11-13H,2-7,10H2,1H3,(H,27,28)/t12-,13+/m1/s1. The summed E-state index contributed by atoms with van der Waals surface area (Å²) in [7, 11) is 2.11. The molecule has 0 aliphatic carbocycles. The smallest absolute Gasteiger partial charge is 0.341 e. The summed E-state index contributed by atoms with van der Waals surface area (Å²) in [5.41, 5.74) is -0.505. The number of pyridine rings is 1. The van der Waals surface area contributed by atoms with E-state index in [9.17, 15) is 23.5 Å². The van der Waals surface area contributed by atoms with Crippen LogP contribution in [0, 0.1) is 5.82 Å². The maximum Gasteiger partial charge on any atom is 0.341 e. The van der Waals surface area contributed by atoms with Crippen LogP contribution >= 0.6 is 0 Å². The molecule has 1 aromatic heterocycles. The molecule has 0 amide bonds. The number of carbonyl (C=O) groups is 1. The summed E-state index contributed by atoms with van der Waals surface area (Å²) in [5, 5.41) is 9.21. The second-order valence-electron chi connectivity index (χ2n) is 7.67. The molecule has 2 atom stereocenters. The van der Waals surface area contributed by atoms with Crippen LogP contribution in [0.1, 0.15) is 29.6 Å². The van der Waals surface area contributed by atoms with Gasteiger partial charge in [-0.15, -0.1) is 0 Å². The lowest BCUT2D eigenvalue weighted by atomic mass is 10.1. The number of aromatic carboxylic acids is 1. The highest BCUT2D eigenvalue weighted by atomic mass is 19.1. The Morgan fingerprint density at radius 3 is 2.71 bits per heavy atom. The van der Waals surface area contributed by atoms with Gasteiger partial charge < -0.3 is 14.6 Å². The van der Waals surface area contributed by atoms with Crippen LogP contribution in [0.5, 0.6) is 0 Å². The van der Waals surface area contributed by atoms with E-state index < -0.39 is 29.5 Å². The number of carboxylic acid groups (broad SMARTS) is 1. The highest BCUT2D eigenvalue weighted by molar-refractivity contribution is 5.93. The van der Waals surface area contributed by atoms with E-state index in [1.54, 1.807) is 6.07 Å². The predicted octanol–water partition coefficient (Wildman–Crippen LogP) is 2.48. The van der Waals surface area contributed by atoms with Crippen molar-refractivity contribution in [2.45, 2.75) is 37.9 Å². The zero-order valence-electron chi connectivity index (χ0n) is 15.7. The van der Waals surface area contributed by atoms with Crippen molar-refractivity contribution in [3.63, 3.8) is 0 Å². The van der Waals surface area contributed by atoms with E-state index in [-0.39, 0.29) is 11.9 Å². The van der Waals surface area contributed by atoms with Gasteiger partial charge in [0.05, 0.1) is 17.7 Å². The van der Waals surface area contributed by atoms with Gasteiger partial charge in [-0.3, -0.25) is 9.69 Å². The Kier molecular flexibility index (Phi) is 4.82. The van der Waals surface area contributed by atoms with Gasteiger partial charge in [0.2, 0.25) is 5.43 Å². The lowest BCUT2D eigenvalue weighted by molar-refractivity contribution is 0.0694. The minimum absolute atomic E-state index is 0.0388. The molecule has 3 heterocycles. The number of benzene rings is 1. The molecule has 2 saturated heterocycles. The summed E-state index contributed by atoms with van der Waals surface area (Å²) in [4.78, 5) is 28.2. The molecular weight excluding hydrogens is 368 g/mol. The number of aromatic nitrogens is 1. The number of halogens is 2. The van der Waals surface area contributed by atoms with E-state index in [0.717, 1.165) is 31.5 Å². The van der Waals surface area contributed by atoms with Gasteiger partial charge in [0, 0.05) is 36.8 Å². The van der Waals surface area contributed by atoms with Gasteiger partial charge in [0.25, 0.3) is 0 Å². The number of fused-ring (bicyclic) bond motifs is 3. The van der Waals surface area contributed by atoms with Gasteiger partial charge in [-0.2, -0.15) is 0 Å². The minimum atomic E-state index is -1.41. The molecule has 2 aliphatic heterocycles. The molecule has 28 heavy (non-hydrogen) atoms. The van der Waals surface area contributed by atoms with E-state index in [2.05, 4.69) is 11.9 Å². The molecule has 2 bridgehead atoms. The van der Waals surface area contributed by atoms with Gasteiger partial charge >= 0.3 is 5.97 Å². The summed E-state index contributed by atoms with van der Waals surface area (Å²) in [5.74, 6) is -1.96. The van der Waals surface area contributed by atoms with Crippen LogP contribution in [0.15, 0.2) is 23.1 Å². The molecule has 8 heteroatoms. The highest BCUT2D eigenvalue weighted by Crippen LogP contribution is 2.33. The van der Waals surface area contributed by atoms with Crippen LogP contribution in [0.25, 0.3) is 10.9 Å². The second-order valence-corrected chi connectivity index (χ2v) is 7.67. The van der Waals surface area contributed by atoms with Crippen molar-refractivity contribution in [2.75, 3.05) is 31.7 Å². The van der Waals surface area contributed by atoms with Crippen molar-refractivity contribution in [1.29, 1.82) is 0 Å². The molecule has 2 aliphatic rings. The van der Waals surface area contributed by atoms with Crippen molar-refractivity contribution < 1.29 is 18.7 Å². The Morgan fingerprint density at radius 2 is 2.00 bits per heavy atom. The average Bonchev–Trinajstić information content (AvgIpc) is 2.89. The topological polar surface area (TPSA) is 65.8 Å². The molecule has 0 spiro atoms. The Balaban J connectivity index is 1.83. The fourth-order valence-corrected chi connectivity index (χ4v) is 4.60. The van der Waals surface area contributed by atoms with Gasteiger partial charge in [0.1, 0.15) is 18.1 Å². The van der Waals surface area contributed by atoms with Crippen LogP contribution in [0.3, 0.4) is 0 Å². The van der Waals surface area contributed by atoms with Crippen LogP contribution in [0.4, 0.5) is 14.5 Å². The maximum atomic E-state index is 15.0. The molecule has 1 N–H and O–H groups in total. The van der Waals surface area contributed by atoms with Crippen molar-refractivity contribution >= 4 is 22.6 Å². The Hall–Kier alpha value is -2.48. The molecule has 0 radical (unpaired) electrons. The first-order valence-electron chi connectivity index (χ1n) is 9.53. The molecule has 0 saturated carbocycles. The summed E-state index contributed by atoms with van der Waals surface area (Å²) < 4.78 is 29.4. The van der Waals surface area contributed by atoms with E-state index in [1.165, 1.54) is 4.57 Å². The number of aryl methyl sites for hydroxylation is 1.